The Hall–Kier alpha value is -1.87. The van der Waals surface area contributed by atoms with E-state index in [1.807, 2.05) is 13.8 Å². The Labute approximate surface area is 148 Å². The van der Waals surface area contributed by atoms with Crippen LogP contribution in [0.25, 0.3) is 0 Å². The van der Waals surface area contributed by atoms with Gasteiger partial charge in [0.05, 0.1) is 0 Å². The highest BCUT2D eigenvalue weighted by Crippen LogP contribution is 2.34. The fourth-order valence-electron chi connectivity index (χ4n) is 3.42. The van der Waals surface area contributed by atoms with Gasteiger partial charge < -0.3 is 15.3 Å². The van der Waals surface area contributed by atoms with Crippen LogP contribution < -0.4 is 10.5 Å². The number of anilines is 1. The molecule has 1 aliphatic rings. The molecule has 0 aliphatic carbocycles. The largest absolute Gasteiger partial charge is 0.465 e. The smallest absolute Gasteiger partial charge is 0.407 e. The van der Waals surface area contributed by atoms with Gasteiger partial charge in [0.2, 0.25) is 0 Å². The van der Waals surface area contributed by atoms with E-state index in [0.717, 1.165) is 19.3 Å². The number of aryl methyl sites for hydroxylation is 1. The van der Waals surface area contributed by atoms with Crippen LogP contribution >= 0.6 is 0 Å². The lowest BCUT2D eigenvalue weighted by Gasteiger charge is -2.28. The van der Waals surface area contributed by atoms with Crippen molar-refractivity contribution in [3.63, 3.8) is 0 Å². The number of hydrogen-bond acceptors (Lipinski definition) is 5. The summed E-state index contributed by atoms with van der Waals surface area (Å²) in [6.07, 6.45) is 1.71. The van der Waals surface area contributed by atoms with Crippen LogP contribution in [0.3, 0.4) is 0 Å². The number of amides is 1. The van der Waals surface area contributed by atoms with Crippen LogP contribution in [-0.4, -0.2) is 48.1 Å². The molecule has 1 aliphatic heterocycles. The Kier molecular flexibility index (Phi) is 5.58. The summed E-state index contributed by atoms with van der Waals surface area (Å²) in [6, 6.07) is 3.38. The van der Waals surface area contributed by atoms with Crippen LogP contribution in [0.2, 0.25) is 0 Å². The lowest BCUT2D eigenvalue weighted by molar-refractivity contribution is 0.117. The van der Waals surface area contributed by atoms with Gasteiger partial charge in [-0.05, 0) is 57.6 Å². The second kappa shape index (κ2) is 7.17. The van der Waals surface area contributed by atoms with Crippen LogP contribution in [0.15, 0.2) is 17.2 Å². The number of rotatable bonds is 6. The van der Waals surface area contributed by atoms with E-state index in [9.17, 15) is 18.3 Å². The van der Waals surface area contributed by atoms with Gasteiger partial charge in [-0.25, -0.2) is 23.3 Å². The molecule has 4 N–H and O–H groups in total. The first-order chi connectivity index (χ1) is 11.5. The predicted molar refractivity (Wildman–Crippen MR) is 95.0 cm³/mol. The SMILES string of the molecule is Cc1ccc(NCCCC2CN(C(=O)O)C(C)(C)C2)nc1S(N)(=O)=O. The molecule has 1 saturated heterocycles. The van der Waals surface area contributed by atoms with Crippen molar-refractivity contribution in [2.24, 2.45) is 11.1 Å². The quantitative estimate of drug-likeness (QED) is 0.658. The molecule has 0 spiro atoms. The zero-order valence-corrected chi connectivity index (χ0v) is 15.6. The van der Waals surface area contributed by atoms with Crippen LogP contribution in [-0.2, 0) is 10.0 Å². The minimum Gasteiger partial charge on any atom is -0.465 e. The van der Waals surface area contributed by atoms with E-state index in [0.29, 0.717) is 30.4 Å². The van der Waals surface area contributed by atoms with E-state index >= 15 is 0 Å². The van der Waals surface area contributed by atoms with Crippen LogP contribution in [0.1, 0.15) is 38.7 Å². The fraction of sp³-hybridized carbons (Fsp3) is 0.625. The van der Waals surface area contributed by atoms with E-state index in [-0.39, 0.29) is 10.6 Å². The Morgan fingerprint density at radius 2 is 2.16 bits per heavy atom. The van der Waals surface area contributed by atoms with Crippen molar-refractivity contribution in [1.29, 1.82) is 0 Å². The monoisotopic (exact) mass is 370 g/mol. The molecule has 1 aromatic heterocycles. The Morgan fingerprint density at radius 1 is 1.48 bits per heavy atom. The third-order valence-electron chi connectivity index (χ3n) is 4.61. The molecule has 2 heterocycles. The van der Waals surface area contributed by atoms with Gasteiger partial charge in [0, 0.05) is 18.6 Å². The molecular weight excluding hydrogens is 344 g/mol. The van der Waals surface area contributed by atoms with Gasteiger partial charge in [-0.15, -0.1) is 0 Å². The number of pyridine rings is 1. The van der Waals surface area contributed by atoms with Crippen molar-refractivity contribution in [1.82, 2.24) is 9.88 Å². The molecule has 1 unspecified atom stereocenters. The van der Waals surface area contributed by atoms with E-state index in [1.165, 1.54) is 4.90 Å². The highest BCUT2D eigenvalue weighted by Gasteiger charge is 2.40. The Balaban J connectivity index is 1.86. The summed E-state index contributed by atoms with van der Waals surface area (Å²) in [5, 5.41) is 17.4. The molecule has 2 rings (SSSR count). The maximum atomic E-state index is 11.5. The zero-order valence-electron chi connectivity index (χ0n) is 14.8. The highest BCUT2D eigenvalue weighted by atomic mass is 32.2. The third-order valence-corrected chi connectivity index (χ3v) is 5.56. The van der Waals surface area contributed by atoms with E-state index in [2.05, 4.69) is 10.3 Å². The first-order valence-electron chi connectivity index (χ1n) is 8.25. The summed E-state index contributed by atoms with van der Waals surface area (Å²) in [4.78, 5) is 16.8. The van der Waals surface area contributed by atoms with Gasteiger partial charge in [0.15, 0.2) is 5.03 Å². The average Bonchev–Trinajstić information content (AvgIpc) is 2.79. The summed E-state index contributed by atoms with van der Waals surface area (Å²) in [5.41, 5.74) is 0.183. The number of sulfonamides is 1. The number of nitrogens with two attached hydrogens (primary N) is 1. The second-order valence-corrected chi connectivity index (χ2v) is 8.69. The number of aromatic nitrogens is 1. The maximum absolute atomic E-state index is 11.5. The minimum absolute atomic E-state index is 0.118. The van der Waals surface area contributed by atoms with Gasteiger partial charge in [-0.3, -0.25) is 0 Å². The van der Waals surface area contributed by atoms with Crippen molar-refractivity contribution in [3.05, 3.63) is 17.7 Å². The van der Waals surface area contributed by atoms with Crippen molar-refractivity contribution < 1.29 is 18.3 Å². The number of hydrogen-bond donors (Lipinski definition) is 3. The number of likely N-dealkylation sites (tertiary alicyclic amines) is 1. The van der Waals surface area contributed by atoms with Gasteiger partial charge >= 0.3 is 6.09 Å². The molecule has 8 nitrogen and oxygen atoms in total. The minimum atomic E-state index is -3.84. The fourth-order valence-corrected chi connectivity index (χ4v) is 4.16. The Bertz CT molecular complexity index is 749. The molecule has 9 heteroatoms. The van der Waals surface area contributed by atoms with Crippen molar-refractivity contribution in [3.8, 4) is 0 Å². The standard InChI is InChI=1S/C16H26N4O4S/c1-11-6-7-13(19-14(11)25(17,23)24)18-8-4-5-12-9-16(2,3)20(10-12)15(21)22/h6-7,12H,4-5,8-10H2,1-3H3,(H,18,19)(H,21,22)(H2,17,23,24). The van der Waals surface area contributed by atoms with Crippen molar-refractivity contribution in [2.45, 2.75) is 50.6 Å². The molecule has 1 fully saturated rings. The lowest BCUT2D eigenvalue weighted by atomic mass is 9.93. The zero-order chi connectivity index (χ0) is 18.8. The summed E-state index contributed by atoms with van der Waals surface area (Å²) < 4.78 is 23.0. The summed E-state index contributed by atoms with van der Waals surface area (Å²) in [7, 11) is -3.84. The maximum Gasteiger partial charge on any atom is 0.407 e. The molecule has 140 valence electrons. The molecule has 0 saturated carbocycles. The molecular formula is C16H26N4O4S. The van der Waals surface area contributed by atoms with Crippen molar-refractivity contribution >= 4 is 21.9 Å². The van der Waals surface area contributed by atoms with Gasteiger partial charge in [0.1, 0.15) is 5.82 Å². The molecule has 0 radical (unpaired) electrons. The number of nitrogens with one attached hydrogen (secondary N) is 1. The first-order valence-corrected chi connectivity index (χ1v) is 9.80. The molecule has 1 amide bonds. The summed E-state index contributed by atoms with van der Waals surface area (Å²) in [5.74, 6) is 0.799. The molecule has 1 atom stereocenters. The summed E-state index contributed by atoms with van der Waals surface area (Å²) >= 11 is 0. The van der Waals surface area contributed by atoms with Crippen LogP contribution in [0, 0.1) is 12.8 Å². The van der Waals surface area contributed by atoms with Gasteiger partial charge in [-0.2, -0.15) is 0 Å². The number of nitrogens with zero attached hydrogens (tertiary/aromatic N) is 2. The number of primary sulfonamides is 1. The average molecular weight is 370 g/mol. The third kappa shape index (κ3) is 4.82. The first kappa shape index (κ1) is 19.5. The number of carboxylic acid groups (broad SMARTS) is 1. The predicted octanol–water partition coefficient (Wildman–Crippen LogP) is 2.01. The number of carbonyl (C=O) groups is 1. The topological polar surface area (TPSA) is 126 Å². The summed E-state index contributed by atoms with van der Waals surface area (Å²) in [6.45, 7) is 6.73. The molecule has 0 bridgehead atoms. The van der Waals surface area contributed by atoms with Crippen LogP contribution in [0.4, 0.5) is 10.6 Å². The van der Waals surface area contributed by atoms with Gasteiger partial charge in [-0.1, -0.05) is 6.07 Å². The highest BCUT2D eigenvalue weighted by molar-refractivity contribution is 7.89. The molecule has 0 aromatic carbocycles. The van der Waals surface area contributed by atoms with E-state index in [1.54, 1.807) is 19.1 Å². The van der Waals surface area contributed by atoms with Crippen LogP contribution in [0.5, 0.6) is 0 Å². The molecule has 1 aromatic rings. The van der Waals surface area contributed by atoms with E-state index in [4.69, 9.17) is 5.14 Å². The molecule has 25 heavy (non-hydrogen) atoms. The lowest BCUT2D eigenvalue weighted by Crippen LogP contribution is -2.41. The van der Waals surface area contributed by atoms with Gasteiger partial charge in [0.25, 0.3) is 10.0 Å². The second-order valence-electron chi connectivity index (χ2n) is 7.21. The Morgan fingerprint density at radius 3 is 2.72 bits per heavy atom. The van der Waals surface area contributed by atoms with Crippen molar-refractivity contribution in [2.75, 3.05) is 18.4 Å². The normalized spacial score (nSPS) is 19.8. The van der Waals surface area contributed by atoms with E-state index < -0.39 is 16.1 Å².